The number of amides is 1. The van der Waals surface area contributed by atoms with Gasteiger partial charge in [0.05, 0.1) is 16.8 Å². The Kier molecular flexibility index (Phi) is 5.12. The summed E-state index contributed by atoms with van der Waals surface area (Å²) in [6, 6.07) is 7.89. The van der Waals surface area contributed by atoms with Gasteiger partial charge in [0, 0.05) is 22.9 Å². The van der Waals surface area contributed by atoms with Crippen LogP contribution in [0.2, 0.25) is 0 Å². The monoisotopic (exact) mass is 421 g/mol. The zero-order chi connectivity index (χ0) is 21.6. The molecule has 0 fully saturated rings. The van der Waals surface area contributed by atoms with Crippen molar-refractivity contribution in [1.82, 2.24) is 0 Å². The Morgan fingerprint density at radius 3 is 2.20 bits per heavy atom. The standard InChI is InChI=1S/C24H20FNO3S/c1-4-13-10-14(5-2)21(26-12(3)27)20-18(13)24-19(22(28)23(20)29)17(11-30-24)15-6-8-16(25)9-7-15/h6-11H,4-5H2,1-3H3,(H,26,27). The summed E-state index contributed by atoms with van der Waals surface area (Å²) in [4.78, 5) is 39.1. The van der Waals surface area contributed by atoms with Crippen LogP contribution in [0, 0.1) is 5.82 Å². The molecule has 4 nitrogen and oxygen atoms in total. The number of anilines is 1. The Morgan fingerprint density at radius 1 is 0.967 bits per heavy atom. The highest BCUT2D eigenvalue weighted by Crippen LogP contribution is 2.48. The van der Waals surface area contributed by atoms with Crippen LogP contribution in [0.15, 0.2) is 35.7 Å². The molecule has 1 aliphatic rings. The normalized spacial score (nSPS) is 12.5. The lowest BCUT2D eigenvalue weighted by Crippen LogP contribution is -2.25. The maximum atomic E-state index is 13.4. The van der Waals surface area contributed by atoms with Gasteiger partial charge in [-0.2, -0.15) is 0 Å². The van der Waals surface area contributed by atoms with Gasteiger partial charge in [0.2, 0.25) is 17.5 Å². The summed E-state index contributed by atoms with van der Waals surface area (Å²) in [5, 5.41) is 4.62. The summed E-state index contributed by atoms with van der Waals surface area (Å²) in [6.45, 7) is 5.34. The molecular weight excluding hydrogens is 401 g/mol. The molecule has 6 heteroatoms. The minimum atomic E-state index is -0.618. The highest BCUT2D eigenvalue weighted by Gasteiger charge is 2.38. The number of carbonyl (C=O) groups is 3. The van der Waals surface area contributed by atoms with Crippen molar-refractivity contribution >= 4 is 34.5 Å². The lowest BCUT2D eigenvalue weighted by atomic mass is 9.81. The first-order valence-corrected chi connectivity index (χ1v) is 10.7. The Hall–Kier alpha value is -3.12. The van der Waals surface area contributed by atoms with Crippen molar-refractivity contribution in [2.75, 3.05) is 5.32 Å². The van der Waals surface area contributed by atoms with Crippen LogP contribution in [-0.4, -0.2) is 17.5 Å². The molecular formula is C24H20FNO3S. The van der Waals surface area contributed by atoms with Gasteiger partial charge in [-0.05, 0) is 47.0 Å². The van der Waals surface area contributed by atoms with Crippen molar-refractivity contribution in [2.24, 2.45) is 0 Å². The fourth-order valence-electron chi connectivity index (χ4n) is 4.00. The van der Waals surface area contributed by atoms with Crippen LogP contribution in [0.4, 0.5) is 10.1 Å². The predicted octanol–water partition coefficient (Wildman–Crippen LogP) is 5.68. The molecule has 3 aromatic rings. The maximum Gasteiger partial charge on any atom is 0.236 e. The molecule has 0 unspecified atom stereocenters. The van der Waals surface area contributed by atoms with E-state index in [1.807, 2.05) is 25.3 Å². The third kappa shape index (κ3) is 3.08. The number of ketones is 2. The largest absolute Gasteiger partial charge is 0.325 e. The maximum absolute atomic E-state index is 13.4. The van der Waals surface area contributed by atoms with E-state index in [9.17, 15) is 18.8 Å². The van der Waals surface area contributed by atoms with E-state index >= 15 is 0 Å². The molecule has 152 valence electrons. The van der Waals surface area contributed by atoms with Crippen LogP contribution in [-0.2, 0) is 17.6 Å². The third-order valence-corrected chi connectivity index (χ3v) is 6.38. The number of fused-ring (bicyclic) bond motifs is 3. The van der Waals surface area contributed by atoms with Gasteiger partial charge in [-0.25, -0.2) is 4.39 Å². The van der Waals surface area contributed by atoms with Crippen molar-refractivity contribution in [3.63, 3.8) is 0 Å². The number of thiophene rings is 1. The van der Waals surface area contributed by atoms with Crippen LogP contribution in [0.5, 0.6) is 0 Å². The summed E-state index contributed by atoms with van der Waals surface area (Å²) in [6.07, 6.45) is 1.30. The van der Waals surface area contributed by atoms with Gasteiger partial charge in [0.25, 0.3) is 0 Å². The summed E-state index contributed by atoms with van der Waals surface area (Å²) >= 11 is 1.39. The first-order valence-electron chi connectivity index (χ1n) is 9.80. The second-order valence-corrected chi connectivity index (χ2v) is 8.11. The highest BCUT2D eigenvalue weighted by molar-refractivity contribution is 7.15. The number of nitrogens with one attached hydrogen (secondary N) is 1. The Labute approximate surface area is 177 Å². The Morgan fingerprint density at radius 2 is 1.60 bits per heavy atom. The molecule has 0 spiro atoms. The minimum absolute atomic E-state index is 0.284. The van der Waals surface area contributed by atoms with E-state index in [-0.39, 0.29) is 17.3 Å². The number of carbonyl (C=O) groups excluding carboxylic acids is 3. The number of Topliss-reactive ketones (excluding diaryl/α,β-unsaturated/α-hetero) is 2. The average Bonchev–Trinajstić information content (AvgIpc) is 3.17. The molecule has 1 aromatic heterocycles. The summed E-state index contributed by atoms with van der Waals surface area (Å²) < 4.78 is 13.4. The summed E-state index contributed by atoms with van der Waals surface area (Å²) in [5.41, 5.74) is 4.90. The predicted molar refractivity (Wildman–Crippen MR) is 117 cm³/mol. The quantitative estimate of drug-likeness (QED) is 0.551. The number of hydrogen-bond acceptors (Lipinski definition) is 4. The number of rotatable bonds is 4. The van der Waals surface area contributed by atoms with Crippen LogP contribution >= 0.6 is 11.3 Å². The number of halogens is 1. The van der Waals surface area contributed by atoms with Crippen molar-refractivity contribution < 1.29 is 18.8 Å². The third-order valence-electron chi connectivity index (χ3n) is 5.39. The molecule has 1 amide bonds. The van der Waals surface area contributed by atoms with Crippen LogP contribution < -0.4 is 5.32 Å². The van der Waals surface area contributed by atoms with Crippen molar-refractivity contribution in [2.45, 2.75) is 33.6 Å². The molecule has 30 heavy (non-hydrogen) atoms. The molecule has 1 N–H and O–H groups in total. The Balaban J connectivity index is 2.04. The summed E-state index contributed by atoms with van der Waals surface area (Å²) in [5.74, 6) is -1.87. The van der Waals surface area contributed by atoms with Gasteiger partial charge in [-0.15, -0.1) is 11.3 Å². The first-order chi connectivity index (χ1) is 14.4. The molecule has 0 saturated heterocycles. The second-order valence-electron chi connectivity index (χ2n) is 7.23. The van der Waals surface area contributed by atoms with Crippen LogP contribution in [0.25, 0.3) is 21.6 Å². The highest BCUT2D eigenvalue weighted by atomic mass is 32.1. The van der Waals surface area contributed by atoms with Crippen molar-refractivity contribution in [3.05, 3.63) is 63.8 Å². The lowest BCUT2D eigenvalue weighted by molar-refractivity contribution is -0.114. The topological polar surface area (TPSA) is 63.2 Å². The number of hydrogen-bond donors (Lipinski definition) is 1. The molecule has 0 aliphatic heterocycles. The molecule has 1 aliphatic carbocycles. The molecule has 0 saturated carbocycles. The molecule has 4 rings (SSSR count). The molecule has 1 heterocycles. The van der Waals surface area contributed by atoms with E-state index in [2.05, 4.69) is 5.32 Å². The van der Waals surface area contributed by atoms with Gasteiger partial charge < -0.3 is 5.32 Å². The van der Waals surface area contributed by atoms with Crippen molar-refractivity contribution in [3.8, 4) is 21.6 Å². The average molecular weight is 421 g/mol. The van der Waals surface area contributed by atoms with E-state index in [0.717, 1.165) is 21.6 Å². The smallest absolute Gasteiger partial charge is 0.236 e. The van der Waals surface area contributed by atoms with E-state index in [4.69, 9.17) is 0 Å². The van der Waals surface area contributed by atoms with E-state index in [0.29, 0.717) is 35.2 Å². The SMILES string of the molecule is CCc1cc(CC)c2c(c1NC(C)=O)C(=O)C(=O)c1c(-c3ccc(F)cc3)csc1-2. The number of aryl methyl sites for hydroxylation is 2. The number of benzene rings is 2. The minimum Gasteiger partial charge on any atom is -0.325 e. The van der Waals surface area contributed by atoms with Crippen LogP contribution in [0.3, 0.4) is 0 Å². The first kappa shape index (κ1) is 20.2. The van der Waals surface area contributed by atoms with Gasteiger partial charge in [-0.1, -0.05) is 32.0 Å². The zero-order valence-electron chi connectivity index (χ0n) is 16.9. The Bertz CT molecular complexity index is 1210. The van der Waals surface area contributed by atoms with Gasteiger partial charge in [-0.3, -0.25) is 14.4 Å². The van der Waals surface area contributed by atoms with E-state index in [1.165, 1.54) is 30.4 Å². The molecule has 0 atom stereocenters. The van der Waals surface area contributed by atoms with E-state index in [1.54, 1.807) is 12.1 Å². The molecule has 0 radical (unpaired) electrons. The fourth-order valence-corrected chi connectivity index (χ4v) is 5.16. The molecule has 2 aromatic carbocycles. The molecule has 0 bridgehead atoms. The zero-order valence-corrected chi connectivity index (χ0v) is 17.7. The van der Waals surface area contributed by atoms with Gasteiger partial charge in [0.1, 0.15) is 5.82 Å². The van der Waals surface area contributed by atoms with Crippen LogP contribution in [0.1, 0.15) is 52.6 Å². The summed E-state index contributed by atoms with van der Waals surface area (Å²) in [7, 11) is 0. The van der Waals surface area contributed by atoms with Gasteiger partial charge in [0.15, 0.2) is 0 Å². The second kappa shape index (κ2) is 7.61. The fraction of sp³-hybridized carbons (Fsp3) is 0.208. The van der Waals surface area contributed by atoms with E-state index < -0.39 is 11.6 Å². The van der Waals surface area contributed by atoms with Crippen molar-refractivity contribution in [1.29, 1.82) is 0 Å². The lowest BCUT2D eigenvalue weighted by Gasteiger charge is -2.24. The van der Waals surface area contributed by atoms with Gasteiger partial charge >= 0.3 is 0 Å².